The standard InChI is InChI=1S/C17H18N2O4/c1-3-23-15-9-7-13(8-10-15)18-17(21)19-14-6-4-5-12(11-14)16(20)22-2/h4-11H,3H2,1-2H3,(H2,18,19,21). The molecule has 2 aromatic carbocycles. The van der Waals surface area contributed by atoms with Gasteiger partial charge in [-0.05, 0) is 49.4 Å². The Balaban J connectivity index is 1.98. The third kappa shape index (κ3) is 4.74. The van der Waals surface area contributed by atoms with Crippen LogP contribution in [0.25, 0.3) is 0 Å². The normalized spacial score (nSPS) is 9.83. The Morgan fingerprint density at radius 1 is 1.00 bits per heavy atom. The molecule has 6 heteroatoms. The molecule has 2 aromatic rings. The van der Waals surface area contributed by atoms with E-state index < -0.39 is 12.0 Å². The van der Waals surface area contributed by atoms with Gasteiger partial charge in [0, 0.05) is 11.4 Å². The van der Waals surface area contributed by atoms with Crippen LogP contribution in [0.5, 0.6) is 5.75 Å². The van der Waals surface area contributed by atoms with E-state index in [9.17, 15) is 9.59 Å². The first-order valence-electron chi connectivity index (χ1n) is 7.11. The Hall–Kier alpha value is -3.02. The second-order valence-corrected chi connectivity index (χ2v) is 4.61. The molecule has 0 fully saturated rings. The number of hydrogen-bond donors (Lipinski definition) is 2. The van der Waals surface area contributed by atoms with E-state index in [-0.39, 0.29) is 0 Å². The molecule has 23 heavy (non-hydrogen) atoms. The maximum Gasteiger partial charge on any atom is 0.337 e. The highest BCUT2D eigenvalue weighted by Crippen LogP contribution is 2.16. The van der Waals surface area contributed by atoms with Crippen LogP contribution in [0, 0.1) is 0 Å². The molecule has 0 radical (unpaired) electrons. The number of carbonyl (C=O) groups excluding carboxylic acids is 2. The van der Waals surface area contributed by atoms with Crippen molar-refractivity contribution < 1.29 is 19.1 Å². The van der Waals surface area contributed by atoms with Crippen LogP contribution < -0.4 is 15.4 Å². The van der Waals surface area contributed by atoms with Gasteiger partial charge in [-0.15, -0.1) is 0 Å². The maximum atomic E-state index is 12.0. The van der Waals surface area contributed by atoms with E-state index in [2.05, 4.69) is 15.4 Å². The lowest BCUT2D eigenvalue weighted by molar-refractivity contribution is 0.0600. The van der Waals surface area contributed by atoms with Gasteiger partial charge in [0.05, 0.1) is 19.3 Å². The molecule has 6 nitrogen and oxygen atoms in total. The molecule has 0 aliphatic heterocycles. The van der Waals surface area contributed by atoms with E-state index in [4.69, 9.17) is 4.74 Å². The van der Waals surface area contributed by atoms with Gasteiger partial charge in [-0.1, -0.05) is 6.07 Å². The van der Waals surface area contributed by atoms with Gasteiger partial charge in [0.25, 0.3) is 0 Å². The maximum absolute atomic E-state index is 12.0. The molecule has 0 atom stereocenters. The van der Waals surface area contributed by atoms with Crippen LogP contribution in [-0.2, 0) is 4.74 Å². The summed E-state index contributed by atoms with van der Waals surface area (Å²) in [5.41, 5.74) is 1.50. The minimum absolute atomic E-state index is 0.367. The molecule has 2 N–H and O–H groups in total. The molecule has 2 amide bonds. The lowest BCUT2D eigenvalue weighted by atomic mass is 10.2. The minimum atomic E-state index is -0.458. The summed E-state index contributed by atoms with van der Waals surface area (Å²) in [4.78, 5) is 23.4. The highest BCUT2D eigenvalue weighted by Gasteiger charge is 2.08. The highest BCUT2D eigenvalue weighted by molar-refractivity contribution is 6.00. The third-order valence-electron chi connectivity index (χ3n) is 2.96. The van der Waals surface area contributed by atoms with Crippen molar-refractivity contribution in [3.05, 3.63) is 54.1 Å². The van der Waals surface area contributed by atoms with Gasteiger partial charge < -0.3 is 20.1 Å². The topological polar surface area (TPSA) is 76.7 Å². The first-order valence-corrected chi connectivity index (χ1v) is 7.11. The van der Waals surface area contributed by atoms with Crippen molar-refractivity contribution in [3.8, 4) is 5.75 Å². The third-order valence-corrected chi connectivity index (χ3v) is 2.96. The zero-order valence-electron chi connectivity index (χ0n) is 13.0. The highest BCUT2D eigenvalue weighted by atomic mass is 16.5. The Bertz CT molecular complexity index is 683. The van der Waals surface area contributed by atoms with Crippen molar-refractivity contribution in [1.29, 1.82) is 0 Å². The lowest BCUT2D eigenvalue weighted by Crippen LogP contribution is -2.19. The molecule has 120 valence electrons. The van der Waals surface area contributed by atoms with Crippen molar-refractivity contribution in [2.75, 3.05) is 24.4 Å². The molecule has 2 rings (SSSR count). The van der Waals surface area contributed by atoms with Gasteiger partial charge >= 0.3 is 12.0 Å². The van der Waals surface area contributed by atoms with Crippen LogP contribution in [0.4, 0.5) is 16.2 Å². The fourth-order valence-electron chi connectivity index (χ4n) is 1.94. The molecular weight excluding hydrogens is 296 g/mol. The van der Waals surface area contributed by atoms with E-state index in [1.54, 1.807) is 48.5 Å². The minimum Gasteiger partial charge on any atom is -0.494 e. The van der Waals surface area contributed by atoms with Crippen molar-refractivity contribution in [3.63, 3.8) is 0 Å². The number of esters is 1. The van der Waals surface area contributed by atoms with Gasteiger partial charge in [0.2, 0.25) is 0 Å². The van der Waals surface area contributed by atoms with Crippen LogP contribution in [-0.4, -0.2) is 25.7 Å². The second-order valence-electron chi connectivity index (χ2n) is 4.61. The first kappa shape index (κ1) is 16.4. The number of nitrogens with one attached hydrogen (secondary N) is 2. The second kappa shape index (κ2) is 7.84. The molecule has 0 unspecified atom stereocenters. The molecule has 0 aromatic heterocycles. The van der Waals surface area contributed by atoms with Crippen molar-refractivity contribution in [2.24, 2.45) is 0 Å². The summed E-state index contributed by atoms with van der Waals surface area (Å²) in [5.74, 6) is 0.282. The number of rotatable bonds is 5. The SMILES string of the molecule is CCOc1ccc(NC(=O)Nc2cccc(C(=O)OC)c2)cc1. The van der Waals surface area contributed by atoms with Crippen LogP contribution >= 0.6 is 0 Å². The number of urea groups is 1. The van der Waals surface area contributed by atoms with Crippen LogP contribution in [0.1, 0.15) is 17.3 Å². The fourth-order valence-corrected chi connectivity index (χ4v) is 1.94. The van der Waals surface area contributed by atoms with Crippen LogP contribution in [0.2, 0.25) is 0 Å². The summed E-state index contributed by atoms with van der Waals surface area (Å²) in [7, 11) is 1.31. The predicted octanol–water partition coefficient (Wildman–Crippen LogP) is 3.52. The smallest absolute Gasteiger partial charge is 0.337 e. The Morgan fingerprint density at radius 3 is 2.35 bits per heavy atom. The van der Waals surface area contributed by atoms with Gasteiger partial charge in [-0.2, -0.15) is 0 Å². The molecule has 0 saturated carbocycles. The number of anilines is 2. The zero-order chi connectivity index (χ0) is 16.7. The summed E-state index contributed by atoms with van der Waals surface area (Å²) >= 11 is 0. The average molecular weight is 314 g/mol. The van der Waals surface area contributed by atoms with Gasteiger partial charge in [-0.25, -0.2) is 9.59 Å². The zero-order valence-corrected chi connectivity index (χ0v) is 13.0. The first-order chi connectivity index (χ1) is 11.1. The Morgan fingerprint density at radius 2 is 1.70 bits per heavy atom. The molecule has 0 aliphatic carbocycles. The predicted molar refractivity (Wildman–Crippen MR) is 88.0 cm³/mol. The van der Waals surface area contributed by atoms with E-state index in [1.807, 2.05) is 6.92 Å². The molecule has 0 aliphatic rings. The van der Waals surface area contributed by atoms with Crippen LogP contribution in [0.3, 0.4) is 0 Å². The molecule has 0 spiro atoms. The monoisotopic (exact) mass is 314 g/mol. The van der Waals surface area contributed by atoms with Gasteiger partial charge in [0.15, 0.2) is 0 Å². The van der Waals surface area contributed by atoms with Gasteiger partial charge in [0.1, 0.15) is 5.75 Å². The number of hydrogen-bond acceptors (Lipinski definition) is 4. The summed E-state index contributed by atoms with van der Waals surface area (Å²) in [5, 5.41) is 5.36. The van der Waals surface area contributed by atoms with Crippen molar-refractivity contribution >= 4 is 23.4 Å². The Kier molecular flexibility index (Phi) is 5.57. The number of carbonyl (C=O) groups is 2. The quantitative estimate of drug-likeness (QED) is 0.828. The molecule has 0 saturated heterocycles. The summed E-state index contributed by atoms with van der Waals surface area (Å²) in [6.45, 7) is 2.49. The van der Waals surface area contributed by atoms with E-state index in [0.717, 1.165) is 5.75 Å². The Labute approximate surface area is 134 Å². The molecular formula is C17H18N2O4. The van der Waals surface area contributed by atoms with E-state index in [1.165, 1.54) is 7.11 Å². The molecule has 0 bridgehead atoms. The number of amides is 2. The summed E-state index contributed by atoms with van der Waals surface area (Å²) < 4.78 is 9.98. The summed E-state index contributed by atoms with van der Waals surface area (Å²) in [6, 6.07) is 13.1. The lowest BCUT2D eigenvalue weighted by Gasteiger charge is -2.09. The average Bonchev–Trinajstić information content (AvgIpc) is 2.56. The number of methoxy groups -OCH3 is 1. The largest absolute Gasteiger partial charge is 0.494 e. The van der Waals surface area contributed by atoms with E-state index in [0.29, 0.717) is 23.5 Å². The molecule has 0 heterocycles. The van der Waals surface area contributed by atoms with Crippen molar-refractivity contribution in [2.45, 2.75) is 6.92 Å². The number of ether oxygens (including phenoxy) is 2. The van der Waals surface area contributed by atoms with E-state index >= 15 is 0 Å². The van der Waals surface area contributed by atoms with Crippen LogP contribution in [0.15, 0.2) is 48.5 Å². The van der Waals surface area contributed by atoms with Gasteiger partial charge in [-0.3, -0.25) is 0 Å². The fraction of sp³-hybridized carbons (Fsp3) is 0.176. The summed E-state index contributed by atoms with van der Waals surface area (Å²) in [6.07, 6.45) is 0. The van der Waals surface area contributed by atoms with Crippen molar-refractivity contribution in [1.82, 2.24) is 0 Å². The number of benzene rings is 2.